The van der Waals surface area contributed by atoms with Crippen LogP contribution in [-0.2, 0) is 51.2 Å². The second kappa shape index (κ2) is 24.3. The van der Waals surface area contributed by atoms with Crippen molar-refractivity contribution in [3.63, 3.8) is 0 Å². The Labute approximate surface area is 57.3 Å². The molecular weight excluding hydrogens is 181 g/mol. The van der Waals surface area contributed by atoms with Crippen LogP contribution in [0.15, 0.2) is 0 Å². The summed E-state index contributed by atoms with van der Waals surface area (Å²) in [4.78, 5) is 0. The molecule has 0 aliphatic rings. The maximum atomic E-state index is 0. The Balaban J connectivity index is 0. The van der Waals surface area contributed by atoms with Crippen LogP contribution in [0.25, 0.3) is 0 Å². The van der Waals surface area contributed by atoms with Crippen molar-refractivity contribution in [1.29, 1.82) is 0 Å². The summed E-state index contributed by atoms with van der Waals surface area (Å²) in [6.45, 7) is 0. The van der Waals surface area contributed by atoms with E-state index in [1.165, 1.54) is 0 Å². The zero-order valence-corrected chi connectivity index (χ0v) is 4.96. The molecule has 0 aliphatic carbocycles. The maximum absolute atomic E-state index is 0. The molecule has 0 saturated carbocycles. The minimum atomic E-state index is 0. The topological polar surface area (TPSA) is 30.5 Å². The average molecular weight is 181 g/mol. The van der Waals surface area contributed by atoms with Gasteiger partial charge in [0.05, 0.1) is 0 Å². The first-order valence-corrected chi connectivity index (χ1v) is 0. The smallest absolute Gasteiger partial charge is 0 e. The van der Waals surface area contributed by atoms with Crippen LogP contribution in [0, 0.1) is 0 Å². The zero-order chi connectivity index (χ0) is 0. The van der Waals surface area contributed by atoms with Gasteiger partial charge in [-0.05, 0) is 0 Å². The van der Waals surface area contributed by atoms with Crippen LogP contribution in [0.4, 0.5) is 0 Å². The van der Waals surface area contributed by atoms with Crippen LogP contribution >= 0.6 is 0 Å². The van der Waals surface area contributed by atoms with Crippen LogP contribution in [0.5, 0.6) is 0 Å². The molecule has 0 aromatic rings. The Hall–Kier alpha value is 1.52. The van der Waals surface area contributed by atoms with E-state index in [9.17, 15) is 0 Å². The normalized spacial score (nSPS) is 0. The van der Waals surface area contributed by atoms with Crippen molar-refractivity contribution < 1.29 is 51.2 Å². The molecule has 0 fully saturated rings. The average Bonchev–Trinajstić information content (AvgIpc) is 0. The Morgan fingerprint density at radius 3 is 1.00 bits per heavy atom. The second-order valence-corrected chi connectivity index (χ2v) is 0. The zero-order valence-electron chi connectivity index (χ0n) is 1.54. The molecule has 4 radical (unpaired) electrons. The number of hydrogen-bond donors (Lipinski definition) is 0. The van der Waals surface area contributed by atoms with E-state index in [0.29, 0.717) is 0 Å². The fourth-order valence-corrected chi connectivity index (χ4v) is 0. The molecule has 0 aliphatic heterocycles. The van der Waals surface area contributed by atoms with E-state index in [2.05, 4.69) is 0 Å². The summed E-state index contributed by atoms with van der Waals surface area (Å²) in [5.41, 5.74) is 0. The third kappa shape index (κ3) is 9.68. The largest absolute Gasteiger partial charge is 0 e. The molecule has 0 N–H and O–H groups in total. The summed E-state index contributed by atoms with van der Waals surface area (Å²) in [7, 11) is 0. The third-order valence-electron chi connectivity index (χ3n) is 0. The first-order chi connectivity index (χ1) is 0. The molecule has 0 bridgehead atoms. The van der Waals surface area contributed by atoms with Crippen molar-refractivity contribution in [2.24, 2.45) is 0 Å². The van der Waals surface area contributed by atoms with Gasteiger partial charge in [-0.15, -0.1) is 0 Å². The fraction of sp³-hybridized carbons (Fsp3) is 0. The molecule has 0 heterocycles. The van der Waals surface area contributed by atoms with Gasteiger partial charge in [-0.2, -0.15) is 0 Å². The van der Waals surface area contributed by atoms with Crippen LogP contribution in [0.3, 0.4) is 0 Å². The van der Waals surface area contributed by atoms with E-state index >= 15 is 0 Å². The van der Waals surface area contributed by atoms with Gasteiger partial charge in [-0.1, -0.05) is 0 Å². The Kier molecular flexibility index (Phi) is 296. The monoisotopic (exact) mass is 181 g/mol. The molecule has 1 nitrogen and oxygen atoms in total. The molecule has 0 aromatic carbocycles. The van der Waals surface area contributed by atoms with Gasteiger partial charge >= 0.3 is 0 Å². The maximum Gasteiger partial charge on any atom is 0 e. The van der Waals surface area contributed by atoms with Gasteiger partial charge in [0.25, 0.3) is 0 Å². The van der Waals surface area contributed by atoms with Crippen molar-refractivity contribution in [2.45, 2.75) is 0 Å². The van der Waals surface area contributed by atoms with Gasteiger partial charge in [0, 0.05) is 57.4 Å². The van der Waals surface area contributed by atoms with Crippen LogP contribution in [0.1, 0.15) is 0 Å². The van der Waals surface area contributed by atoms with E-state index in [0.717, 1.165) is 0 Å². The molecule has 0 atom stereocenters. The summed E-state index contributed by atoms with van der Waals surface area (Å²) in [6.07, 6.45) is 0. The van der Waals surface area contributed by atoms with E-state index in [-0.39, 0.29) is 57.4 Å². The quantitative estimate of drug-likeness (QED) is 0.451. The van der Waals surface area contributed by atoms with E-state index in [1.807, 2.05) is 0 Å². The van der Waals surface area contributed by atoms with Gasteiger partial charge in [-0.25, -0.2) is 0 Å². The van der Waals surface area contributed by atoms with Crippen LogP contribution in [-0.4, -0.2) is 0 Å². The number of rotatable bonds is 0. The van der Waals surface area contributed by atoms with Crippen LogP contribution < -0.4 is 6.15 Å². The molecule has 0 rings (SSSR count). The summed E-state index contributed by atoms with van der Waals surface area (Å²) in [5, 5.41) is 0. The van der Waals surface area contributed by atoms with Gasteiger partial charge in [0.2, 0.25) is 0 Å². The van der Waals surface area contributed by atoms with Crippen LogP contribution in [0.2, 0.25) is 0 Å². The predicted molar refractivity (Wildman–Crippen MR) is 2.13 cm³/mol. The van der Waals surface area contributed by atoms with Gasteiger partial charge < -0.3 is 0 Å². The van der Waals surface area contributed by atoms with Gasteiger partial charge in [-0.3, -0.25) is 0 Å². The summed E-state index contributed by atoms with van der Waals surface area (Å²) >= 11 is 0. The van der Waals surface area contributed by atoms with E-state index < -0.39 is 0 Å². The van der Waals surface area contributed by atoms with Crippen molar-refractivity contribution in [3.05, 3.63) is 0 Å². The Bertz CT molecular complexity index is 8.00. The molecule has 0 aromatic heterocycles. The molecule has 0 saturated heterocycles. The minimum absolute atomic E-state index is 0. The molecule has 0 unspecified atom stereocenters. The molecule has 0 amide bonds. The molecule has 4 heteroatoms. The first-order valence-electron chi connectivity index (χ1n) is 0. The second-order valence-electron chi connectivity index (χ2n) is 0. The van der Waals surface area contributed by atoms with Crippen molar-refractivity contribution >= 4 is 0 Å². The Morgan fingerprint density at radius 1 is 1.00 bits per heavy atom. The molecule has 4 heavy (non-hydrogen) atoms. The predicted octanol–water partition coefficient (Wildman–Crippen LogP) is -0.488. The fourth-order valence-electron chi connectivity index (χ4n) is 0. The van der Waals surface area contributed by atoms with Crippen molar-refractivity contribution in [2.75, 3.05) is 0 Å². The van der Waals surface area contributed by atoms with Gasteiger partial charge in [0.15, 0.2) is 0 Å². The molecular formula is CoCrFeN. The first kappa shape index (κ1) is 48.9. The molecule has 28 valence electrons. The number of nitrogens with zero attached hydrogens (tertiary/aromatic N) is 1. The minimum Gasteiger partial charge on any atom is 0 e. The summed E-state index contributed by atoms with van der Waals surface area (Å²) in [5.74, 6) is 0. The van der Waals surface area contributed by atoms with E-state index in [1.54, 1.807) is 0 Å². The SMILES string of the molecule is [Co].[Cr].[Fe].[N]. The van der Waals surface area contributed by atoms with E-state index in [4.69, 9.17) is 0 Å². The summed E-state index contributed by atoms with van der Waals surface area (Å²) < 4.78 is 0. The summed E-state index contributed by atoms with van der Waals surface area (Å²) in [6, 6.07) is 0. The number of hydrogen-bond acceptors (Lipinski definition) is 0. The standard InChI is InChI=1S/Co.Cr.Fe.N. The Morgan fingerprint density at radius 2 is 1.00 bits per heavy atom. The van der Waals surface area contributed by atoms with Crippen molar-refractivity contribution in [1.82, 2.24) is 6.15 Å². The molecule has 0 spiro atoms. The van der Waals surface area contributed by atoms with Crippen molar-refractivity contribution in [3.8, 4) is 0 Å². The van der Waals surface area contributed by atoms with Gasteiger partial charge in [0.1, 0.15) is 0 Å². The third-order valence-corrected chi connectivity index (χ3v) is 0.